The third kappa shape index (κ3) is 2.17. The molecule has 1 aromatic rings. The van der Waals surface area contributed by atoms with Crippen molar-refractivity contribution < 1.29 is 9.53 Å². The maximum absolute atomic E-state index is 12.2. The Morgan fingerprint density at radius 1 is 1.38 bits per heavy atom. The molecule has 2 aliphatic rings. The van der Waals surface area contributed by atoms with Crippen molar-refractivity contribution in [2.45, 2.75) is 39.2 Å². The Labute approximate surface area is 124 Å². The maximum Gasteiger partial charge on any atom is 0.336 e. The lowest BCUT2D eigenvalue weighted by Gasteiger charge is -2.45. The predicted molar refractivity (Wildman–Crippen MR) is 77.8 cm³/mol. The number of esters is 1. The number of ether oxygens (including phenoxy) is 1. The monoisotopic (exact) mass is 285 g/mol. The molecule has 0 aromatic carbocycles. The number of aromatic nitrogens is 1. The molecular formula is C16H19N3O2. The molecule has 21 heavy (non-hydrogen) atoms. The zero-order valence-corrected chi connectivity index (χ0v) is 12.5. The predicted octanol–water partition coefficient (Wildman–Crippen LogP) is 3.80. The van der Waals surface area contributed by atoms with Gasteiger partial charge in [0.05, 0.1) is 11.8 Å². The minimum absolute atomic E-state index is 0.0761. The van der Waals surface area contributed by atoms with Crippen molar-refractivity contribution in [2.75, 3.05) is 0 Å². The smallest absolute Gasteiger partial charge is 0.336 e. The van der Waals surface area contributed by atoms with Crippen molar-refractivity contribution in [1.82, 2.24) is 4.98 Å². The van der Waals surface area contributed by atoms with Crippen LogP contribution in [0.3, 0.4) is 0 Å². The number of pyridine rings is 1. The summed E-state index contributed by atoms with van der Waals surface area (Å²) in [4.78, 5) is 16.2. The van der Waals surface area contributed by atoms with Crippen LogP contribution in [-0.2, 0) is 9.53 Å². The number of fused-ring (bicyclic) bond motifs is 2. The standard InChI is InChI=1S/C16H19N3O2/c1-15(2)12-7-8-16(15,3)21-14(20)11(12)10-18-19-13-6-4-5-9-17-13/h4-6,9-10,12H,7-8H2,1-3H3/b11-10+,19-18?/t12-,16-/m1/s1. The van der Waals surface area contributed by atoms with E-state index in [4.69, 9.17) is 4.74 Å². The highest BCUT2D eigenvalue weighted by Gasteiger charge is 2.60. The Hall–Kier alpha value is -2.04. The van der Waals surface area contributed by atoms with Gasteiger partial charge in [-0.15, -0.1) is 5.11 Å². The van der Waals surface area contributed by atoms with Gasteiger partial charge in [0, 0.05) is 17.5 Å². The van der Waals surface area contributed by atoms with Gasteiger partial charge in [-0.25, -0.2) is 9.78 Å². The number of carbonyl (C=O) groups is 1. The molecule has 1 saturated carbocycles. The number of hydrogen-bond donors (Lipinski definition) is 0. The minimum atomic E-state index is -0.371. The van der Waals surface area contributed by atoms with E-state index in [0.29, 0.717) is 11.4 Å². The van der Waals surface area contributed by atoms with Crippen molar-refractivity contribution in [2.24, 2.45) is 21.6 Å². The van der Waals surface area contributed by atoms with Crippen LogP contribution in [0.4, 0.5) is 5.82 Å². The molecule has 0 amide bonds. The zero-order chi connectivity index (χ0) is 15.1. The Morgan fingerprint density at radius 3 is 2.90 bits per heavy atom. The van der Waals surface area contributed by atoms with E-state index >= 15 is 0 Å². The first-order valence-electron chi connectivity index (χ1n) is 7.19. The van der Waals surface area contributed by atoms with E-state index in [1.54, 1.807) is 12.3 Å². The largest absolute Gasteiger partial charge is 0.455 e. The van der Waals surface area contributed by atoms with Gasteiger partial charge in [0.1, 0.15) is 5.60 Å². The fraction of sp³-hybridized carbons (Fsp3) is 0.500. The van der Waals surface area contributed by atoms with E-state index in [0.717, 1.165) is 12.8 Å². The molecule has 1 aliphatic carbocycles. The summed E-state index contributed by atoms with van der Waals surface area (Å²) in [6.07, 6.45) is 5.03. The van der Waals surface area contributed by atoms with E-state index in [9.17, 15) is 4.79 Å². The molecule has 1 saturated heterocycles. The van der Waals surface area contributed by atoms with Gasteiger partial charge < -0.3 is 4.74 Å². The average Bonchev–Trinajstić information content (AvgIpc) is 2.58. The topological polar surface area (TPSA) is 63.9 Å². The Bertz CT molecular complexity index is 622. The lowest BCUT2D eigenvalue weighted by Crippen LogP contribution is -2.49. The van der Waals surface area contributed by atoms with Crippen LogP contribution in [0.1, 0.15) is 33.6 Å². The summed E-state index contributed by atoms with van der Waals surface area (Å²) in [7, 11) is 0. The Morgan fingerprint density at radius 2 is 2.19 bits per heavy atom. The van der Waals surface area contributed by atoms with Crippen LogP contribution < -0.4 is 0 Å². The second-order valence-corrected chi connectivity index (χ2v) is 6.42. The molecule has 5 heteroatoms. The summed E-state index contributed by atoms with van der Waals surface area (Å²) in [5.41, 5.74) is 0.173. The van der Waals surface area contributed by atoms with Gasteiger partial charge >= 0.3 is 5.97 Å². The first-order chi connectivity index (χ1) is 9.94. The molecule has 110 valence electrons. The van der Waals surface area contributed by atoms with E-state index in [2.05, 4.69) is 29.1 Å². The van der Waals surface area contributed by atoms with Crippen molar-refractivity contribution in [3.05, 3.63) is 36.2 Å². The summed E-state index contributed by atoms with van der Waals surface area (Å²) in [6, 6.07) is 5.42. The van der Waals surface area contributed by atoms with Crippen LogP contribution in [0.2, 0.25) is 0 Å². The Balaban J connectivity index is 1.87. The molecule has 5 nitrogen and oxygen atoms in total. The zero-order valence-electron chi connectivity index (χ0n) is 12.5. The molecule has 2 bridgehead atoms. The fourth-order valence-electron chi connectivity index (χ4n) is 3.31. The highest BCUT2D eigenvalue weighted by Crippen LogP contribution is 2.58. The first kappa shape index (κ1) is 13.9. The van der Waals surface area contributed by atoms with Crippen LogP contribution in [-0.4, -0.2) is 16.6 Å². The van der Waals surface area contributed by atoms with Crippen molar-refractivity contribution >= 4 is 11.8 Å². The van der Waals surface area contributed by atoms with Crippen molar-refractivity contribution in [3.8, 4) is 0 Å². The second-order valence-electron chi connectivity index (χ2n) is 6.42. The first-order valence-corrected chi connectivity index (χ1v) is 7.19. The lowest BCUT2D eigenvalue weighted by atomic mass is 9.69. The maximum atomic E-state index is 12.2. The van der Waals surface area contributed by atoms with Crippen LogP contribution in [0, 0.1) is 11.3 Å². The Kier molecular flexibility index (Phi) is 3.15. The number of rotatable bonds is 2. The van der Waals surface area contributed by atoms with E-state index < -0.39 is 0 Å². The minimum Gasteiger partial charge on any atom is -0.455 e. The summed E-state index contributed by atoms with van der Waals surface area (Å²) < 4.78 is 5.67. The van der Waals surface area contributed by atoms with E-state index in [1.807, 2.05) is 19.1 Å². The van der Waals surface area contributed by atoms with Gasteiger partial charge in [-0.2, -0.15) is 5.11 Å². The van der Waals surface area contributed by atoms with Crippen LogP contribution >= 0.6 is 0 Å². The molecule has 0 radical (unpaired) electrons. The summed E-state index contributed by atoms with van der Waals surface area (Å²) in [6.45, 7) is 6.33. The fourth-order valence-corrected chi connectivity index (χ4v) is 3.31. The number of carbonyl (C=O) groups excluding carboxylic acids is 1. The van der Waals surface area contributed by atoms with Gasteiger partial charge in [0.15, 0.2) is 5.82 Å². The van der Waals surface area contributed by atoms with Gasteiger partial charge in [0.2, 0.25) is 0 Å². The highest BCUT2D eigenvalue weighted by atomic mass is 16.6. The van der Waals surface area contributed by atoms with Crippen molar-refractivity contribution in [3.63, 3.8) is 0 Å². The summed E-state index contributed by atoms with van der Waals surface area (Å²) in [5.74, 6) is 0.430. The number of hydrogen-bond acceptors (Lipinski definition) is 5. The molecule has 2 heterocycles. The third-order valence-electron chi connectivity index (χ3n) is 5.08. The molecule has 1 aliphatic heterocycles. The molecule has 1 aromatic heterocycles. The van der Waals surface area contributed by atoms with E-state index in [1.165, 1.54) is 6.20 Å². The molecule has 2 fully saturated rings. The molecule has 3 rings (SSSR count). The lowest BCUT2D eigenvalue weighted by molar-refractivity contribution is -0.172. The molecule has 0 N–H and O–H groups in total. The van der Waals surface area contributed by atoms with Crippen molar-refractivity contribution in [1.29, 1.82) is 0 Å². The quantitative estimate of drug-likeness (QED) is 0.471. The molecule has 2 atom stereocenters. The van der Waals surface area contributed by atoms with Gasteiger partial charge in [0.25, 0.3) is 0 Å². The summed E-state index contributed by atoms with van der Waals surface area (Å²) >= 11 is 0. The highest BCUT2D eigenvalue weighted by molar-refractivity contribution is 5.91. The third-order valence-corrected chi connectivity index (χ3v) is 5.08. The number of azo groups is 1. The second kappa shape index (κ2) is 4.76. The van der Waals surface area contributed by atoms with Gasteiger partial charge in [-0.1, -0.05) is 19.9 Å². The normalized spacial score (nSPS) is 32.6. The van der Waals surface area contributed by atoms with Gasteiger partial charge in [-0.3, -0.25) is 0 Å². The van der Waals surface area contributed by atoms with Gasteiger partial charge in [-0.05, 0) is 31.9 Å². The number of nitrogens with zero attached hydrogens (tertiary/aromatic N) is 3. The van der Waals surface area contributed by atoms with Crippen LogP contribution in [0.5, 0.6) is 0 Å². The SMILES string of the molecule is CC1(C)[C@@H]2CC[C@@]1(C)OC(=O)/C2=C/N=Nc1ccccn1. The summed E-state index contributed by atoms with van der Waals surface area (Å²) in [5, 5.41) is 8.03. The van der Waals surface area contributed by atoms with Crippen LogP contribution in [0.15, 0.2) is 46.4 Å². The average molecular weight is 285 g/mol. The molecule has 0 unspecified atom stereocenters. The molecule has 0 spiro atoms. The van der Waals surface area contributed by atoms with E-state index in [-0.39, 0.29) is 22.9 Å². The van der Waals surface area contributed by atoms with Crippen LogP contribution in [0.25, 0.3) is 0 Å². The molecular weight excluding hydrogens is 266 g/mol.